The Morgan fingerprint density at radius 3 is 2.48 bits per heavy atom. The van der Waals surface area contributed by atoms with Crippen molar-refractivity contribution in [1.29, 1.82) is 0 Å². The molecule has 0 radical (unpaired) electrons. The Labute approximate surface area is 143 Å². The maximum absolute atomic E-state index is 12.8. The normalized spacial score (nSPS) is 16.0. The van der Waals surface area contributed by atoms with E-state index in [0.717, 1.165) is 24.2 Å². The van der Waals surface area contributed by atoms with Gasteiger partial charge in [-0.3, -0.25) is 14.7 Å². The highest BCUT2D eigenvalue weighted by molar-refractivity contribution is 5.94. The van der Waals surface area contributed by atoms with Crippen molar-refractivity contribution in [2.75, 3.05) is 26.2 Å². The predicted octanol–water partition coefficient (Wildman–Crippen LogP) is 3.06. The number of carbonyl (C=O) groups excluding carboxylic acids is 1. The molecule has 0 aliphatic carbocycles. The van der Waals surface area contributed by atoms with Crippen LogP contribution in [0.2, 0.25) is 0 Å². The summed E-state index contributed by atoms with van der Waals surface area (Å²) < 4.78 is 38.4. The summed E-state index contributed by atoms with van der Waals surface area (Å²) in [6, 6.07) is 8.47. The number of hydrogen-bond acceptors (Lipinski definition) is 3. The maximum Gasteiger partial charge on any atom is 0.416 e. The molecule has 0 saturated carbocycles. The number of benzene rings is 1. The average molecular weight is 349 g/mol. The Hall–Kier alpha value is -2.41. The molecule has 1 aliphatic heterocycles. The highest BCUT2D eigenvalue weighted by atomic mass is 19.4. The van der Waals surface area contributed by atoms with Gasteiger partial charge in [0, 0.05) is 50.7 Å². The molecule has 1 aliphatic rings. The molecule has 0 atom stereocenters. The minimum atomic E-state index is -4.45. The van der Waals surface area contributed by atoms with Gasteiger partial charge < -0.3 is 4.90 Å². The van der Waals surface area contributed by atoms with E-state index in [2.05, 4.69) is 9.88 Å². The van der Waals surface area contributed by atoms with Gasteiger partial charge in [-0.25, -0.2) is 0 Å². The second kappa shape index (κ2) is 7.23. The second-order valence-electron chi connectivity index (χ2n) is 6.01. The topological polar surface area (TPSA) is 36.4 Å². The summed E-state index contributed by atoms with van der Waals surface area (Å²) in [5.41, 5.74) is 0.379. The lowest BCUT2D eigenvalue weighted by Gasteiger charge is -2.34. The summed E-state index contributed by atoms with van der Waals surface area (Å²) in [4.78, 5) is 20.4. The van der Waals surface area contributed by atoms with E-state index in [9.17, 15) is 18.0 Å². The van der Waals surface area contributed by atoms with Gasteiger partial charge in [-0.15, -0.1) is 0 Å². The van der Waals surface area contributed by atoms with Crippen molar-refractivity contribution < 1.29 is 18.0 Å². The predicted molar refractivity (Wildman–Crippen MR) is 86.9 cm³/mol. The number of halogens is 3. The zero-order valence-electron chi connectivity index (χ0n) is 13.5. The molecule has 1 saturated heterocycles. The number of hydrogen-bond donors (Lipinski definition) is 0. The van der Waals surface area contributed by atoms with Crippen molar-refractivity contribution in [3.8, 4) is 0 Å². The van der Waals surface area contributed by atoms with E-state index in [-0.39, 0.29) is 11.5 Å². The summed E-state index contributed by atoms with van der Waals surface area (Å²) in [5, 5.41) is 0. The molecule has 0 N–H and O–H groups in total. The third-order valence-electron chi connectivity index (χ3n) is 4.23. The van der Waals surface area contributed by atoms with Crippen LogP contribution >= 0.6 is 0 Å². The van der Waals surface area contributed by atoms with Crippen LogP contribution in [0.25, 0.3) is 0 Å². The Kier molecular flexibility index (Phi) is 5.03. The molecule has 0 unspecified atom stereocenters. The zero-order valence-corrected chi connectivity index (χ0v) is 13.5. The first-order chi connectivity index (χ1) is 11.9. The quantitative estimate of drug-likeness (QED) is 0.855. The Balaban J connectivity index is 1.60. The summed E-state index contributed by atoms with van der Waals surface area (Å²) in [6.07, 6.45) is -0.923. The van der Waals surface area contributed by atoms with Crippen LogP contribution in [0.4, 0.5) is 13.2 Å². The highest BCUT2D eigenvalue weighted by Crippen LogP contribution is 2.29. The monoisotopic (exact) mass is 349 g/mol. The van der Waals surface area contributed by atoms with E-state index in [1.54, 1.807) is 17.3 Å². The standard InChI is InChI=1S/C18H18F3N3O/c19-18(20,21)16-5-1-4-15(11-16)17(25)24-9-7-23(8-10-24)13-14-3-2-6-22-12-14/h1-6,11-12H,7-10,13H2. The van der Waals surface area contributed by atoms with E-state index < -0.39 is 11.7 Å². The van der Waals surface area contributed by atoms with E-state index >= 15 is 0 Å². The van der Waals surface area contributed by atoms with Crippen LogP contribution in [0.3, 0.4) is 0 Å². The summed E-state index contributed by atoms with van der Waals surface area (Å²) in [6.45, 7) is 3.10. The largest absolute Gasteiger partial charge is 0.416 e. The molecule has 2 heterocycles. The third-order valence-corrected chi connectivity index (χ3v) is 4.23. The first-order valence-electron chi connectivity index (χ1n) is 8.01. The van der Waals surface area contributed by atoms with Crippen LogP contribution < -0.4 is 0 Å². The lowest BCUT2D eigenvalue weighted by molar-refractivity contribution is -0.137. The molecule has 7 heteroatoms. The molecule has 1 amide bonds. The number of rotatable bonds is 3. The molecule has 132 valence electrons. The molecule has 1 aromatic carbocycles. The summed E-state index contributed by atoms with van der Waals surface area (Å²) >= 11 is 0. The fourth-order valence-electron chi connectivity index (χ4n) is 2.87. The number of pyridine rings is 1. The van der Waals surface area contributed by atoms with Crippen molar-refractivity contribution in [3.05, 3.63) is 65.5 Å². The smallest absolute Gasteiger partial charge is 0.336 e. The highest BCUT2D eigenvalue weighted by Gasteiger charge is 2.31. The van der Waals surface area contributed by atoms with Crippen LogP contribution in [0.1, 0.15) is 21.5 Å². The van der Waals surface area contributed by atoms with Crippen molar-refractivity contribution in [1.82, 2.24) is 14.8 Å². The molecular formula is C18H18F3N3O. The van der Waals surface area contributed by atoms with Crippen molar-refractivity contribution >= 4 is 5.91 Å². The number of nitrogens with zero attached hydrogens (tertiary/aromatic N) is 3. The number of piperazine rings is 1. The van der Waals surface area contributed by atoms with Gasteiger partial charge >= 0.3 is 6.18 Å². The van der Waals surface area contributed by atoms with Crippen molar-refractivity contribution in [2.24, 2.45) is 0 Å². The molecular weight excluding hydrogens is 331 g/mol. The average Bonchev–Trinajstić information content (AvgIpc) is 2.62. The molecule has 1 fully saturated rings. The van der Waals surface area contributed by atoms with Crippen LogP contribution in [0.5, 0.6) is 0 Å². The van der Waals surface area contributed by atoms with Crippen LogP contribution in [0.15, 0.2) is 48.8 Å². The molecule has 2 aromatic rings. The molecule has 3 rings (SSSR count). The van der Waals surface area contributed by atoms with Gasteiger partial charge in [0.1, 0.15) is 0 Å². The number of aromatic nitrogens is 1. The summed E-state index contributed by atoms with van der Waals surface area (Å²) in [5.74, 6) is -0.355. The van der Waals surface area contributed by atoms with Gasteiger partial charge in [0.2, 0.25) is 0 Å². The minimum Gasteiger partial charge on any atom is -0.336 e. The number of alkyl halides is 3. The molecule has 25 heavy (non-hydrogen) atoms. The van der Waals surface area contributed by atoms with Crippen LogP contribution in [-0.4, -0.2) is 46.9 Å². The fraction of sp³-hybridized carbons (Fsp3) is 0.333. The van der Waals surface area contributed by atoms with Crippen molar-refractivity contribution in [3.63, 3.8) is 0 Å². The van der Waals surface area contributed by atoms with Crippen LogP contribution in [-0.2, 0) is 12.7 Å². The summed E-state index contributed by atoms with van der Waals surface area (Å²) in [7, 11) is 0. The van der Waals surface area contributed by atoms with Crippen molar-refractivity contribution in [2.45, 2.75) is 12.7 Å². The number of amides is 1. The maximum atomic E-state index is 12.8. The van der Waals surface area contributed by atoms with E-state index in [1.807, 2.05) is 12.1 Å². The van der Waals surface area contributed by atoms with Crippen LogP contribution in [0, 0.1) is 0 Å². The second-order valence-corrected chi connectivity index (χ2v) is 6.01. The lowest BCUT2D eigenvalue weighted by Crippen LogP contribution is -2.48. The fourth-order valence-corrected chi connectivity index (χ4v) is 2.87. The molecule has 4 nitrogen and oxygen atoms in total. The van der Waals surface area contributed by atoms with Gasteiger partial charge in [-0.2, -0.15) is 13.2 Å². The van der Waals surface area contributed by atoms with E-state index in [4.69, 9.17) is 0 Å². The number of carbonyl (C=O) groups is 1. The van der Waals surface area contributed by atoms with Gasteiger partial charge in [0.25, 0.3) is 5.91 Å². The Morgan fingerprint density at radius 1 is 1.08 bits per heavy atom. The van der Waals surface area contributed by atoms with E-state index in [1.165, 1.54) is 12.1 Å². The molecule has 0 spiro atoms. The SMILES string of the molecule is O=C(c1cccc(C(F)(F)F)c1)N1CCN(Cc2cccnc2)CC1. The van der Waals surface area contributed by atoms with Gasteiger partial charge in [-0.1, -0.05) is 12.1 Å². The Morgan fingerprint density at radius 2 is 1.84 bits per heavy atom. The van der Waals surface area contributed by atoms with E-state index in [0.29, 0.717) is 26.2 Å². The Bertz CT molecular complexity index is 726. The first-order valence-corrected chi connectivity index (χ1v) is 8.01. The lowest BCUT2D eigenvalue weighted by atomic mass is 10.1. The molecule has 1 aromatic heterocycles. The minimum absolute atomic E-state index is 0.0792. The van der Waals surface area contributed by atoms with Gasteiger partial charge in [0.15, 0.2) is 0 Å². The van der Waals surface area contributed by atoms with Gasteiger partial charge in [0.05, 0.1) is 5.56 Å². The first kappa shape index (κ1) is 17.4. The zero-order chi connectivity index (χ0) is 17.9. The van der Waals surface area contributed by atoms with Gasteiger partial charge in [-0.05, 0) is 29.8 Å². The molecule has 0 bridgehead atoms. The third kappa shape index (κ3) is 4.36.